The summed E-state index contributed by atoms with van der Waals surface area (Å²) in [6, 6.07) is 0.637. The standard InChI is InChI=1S/C13H28N2/c1-3-4-5-8-12(2)15-11-13(14)9-6-7-10-13/h12,15H,3-11,14H2,1-2H3. The van der Waals surface area contributed by atoms with E-state index in [-0.39, 0.29) is 5.54 Å². The van der Waals surface area contributed by atoms with Gasteiger partial charge < -0.3 is 11.1 Å². The minimum absolute atomic E-state index is 0.110. The maximum absolute atomic E-state index is 6.30. The Labute approximate surface area is 95.0 Å². The third kappa shape index (κ3) is 4.98. The first-order valence-corrected chi connectivity index (χ1v) is 6.68. The van der Waals surface area contributed by atoms with Gasteiger partial charge >= 0.3 is 0 Å². The Morgan fingerprint density at radius 3 is 2.53 bits per heavy atom. The quantitative estimate of drug-likeness (QED) is 0.637. The summed E-state index contributed by atoms with van der Waals surface area (Å²) >= 11 is 0. The first kappa shape index (κ1) is 13.0. The highest BCUT2D eigenvalue weighted by Crippen LogP contribution is 2.26. The van der Waals surface area contributed by atoms with E-state index in [2.05, 4.69) is 19.2 Å². The Balaban J connectivity index is 2.07. The SMILES string of the molecule is CCCCCC(C)NCC1(N)CCCC1. The Kier molecular flexibility index (Phi) is 5.62. The third-order valence-electron chi connectivity index (χ3n) is 3.64. The van der Waals surface area contributed by atoms with Crippen molar-refractivity contribution in [3.8, 4) is 0 Å². The highest BCUT2D eigenvalue weighted by Gasteiger charge is 2.28. The number of rotatable bonds is 7. The molecule has 0 aliphatic heterocycles. The highest BCUT2D eigenvalue weighted by molar-refractivity contribution is 4.91. The molecule has 0 amide bonds. The molecule has 0 spiro atoms. The molecule has 90 valence electrons. The fraction of sp³-hybridized carbons (Fsp3) is 1.00. The first-order valence-electron chi connectivity index (χ1n) is 6.68. The van der Waals surface area contributed by atoms with Crippen LogP contribution in [0.2, 0.25) is 0 Å². The molecule has 0 bridgehead atoms. The molecule has 3 N–H and O–H groups in total. The predicted molar refractivity (Wildman–Crippen MR) is 67.0 cm³/mol. The van der Waals surface area contributed by atoms with Crippen molar-refractivity contribution in [3.05, 3.63) is 0 Å². The zero-order valence-corrected chi connectivity index (χ0v) is 10.5. The molecule has 2 nitrogen and oxygen atoms in total. The van der Waals surface area contributed by atoms with Gasteiger partial charge in [0.1, 0.15) is 0 Å². The van der Waals surface area contributed by atoms with Crippen molar-refractivity contribution in [3.63, 3.8) is 0 Å². The molecule has 1 rings (SSSR count). The maximum atomic E-state index is 6.30. The van der Waals surface area contributed by atoms with Crippen LogP contribution in [0, 0.1) is 0 Å². The molecule has 0 radical (unpaired) electrons. The fourth-order valence-corrected chi connectivity index (χ4v) is 2.44. The van der Waals surface area contributed by atoms with Crippen molar-refractivity contribution in [2.45, 2.75) is 76.8 Å². The summed E-state index contributed by atoms with van der Waals surface area (Å²) in [6.45, 7) is 5.56. The molecule has 0 saturated heterocycles. The number of hydrogen-bond donors (Lipinski definition) is 2. The molecular weight excluding hydrogens is 184 g/mol. The monoisotopic (exact) mass is 212 g/mol. The van der Waals surface area contributed by atoms with Crippen LogP contribution >= 0.6 is 0 Å². The molecule has 1 aliphatic carbocycles. The lowest BCUT2D eigenvalue weighted by Crippen LogP contribution is -2.48. The van der Waals surface area contributed by atoms with Crippen LogP contribution in [-0.4, -0.2) is 18.1 Å². The topological polar surface area (TPSA) is 38.0 Å². The number of nitrogens with one attached hydrogen (secondary N) is 1. The largest absolute Gasteiger partial charge is 0.324 e. The molecule has 2 heteroatoms. The minimum atomic E-state index is 0.110. The number of unbranched alkanes of at least 4 members (excludes halogenated alkanes) is 2. The summed E-state index contributed by atoms with van der Waals surface area (Å²) < 4.78 is 0. The third-order valence-corrected chi connectivity index (χ3v) is 3.64. The van der Waals surface area contributed by atoms with Crippen molar-refractivity contribution >= 4 is 0 Å². The van der Waals surface area contributed by atoms with Crippen LogP contribution in [0.3, 0.4) is 0 Å². The zero-order valence-electron chi connectivity index (χ0n) is 10.5. The molecule has 0 aromatic rings. The summed E-state index contributed by atoms with van der Waals surface area (Å²) in [6.07, 6.45) is 10.4. The number of hydrogen-bond acceptors (Lipinski definition) is 2. The second kappa shape index (κ2) is 6.49. The van der Waals surface area contributed by atoms with Gasteiger partial charge in [0.25, 0.3) is 0 Å². The van der Waals surface area contributed by atoms with Crippen molar-refractivity contribution < 1.29 is 0 Å². The highest BCUT2D eigenvalue weighted by atomic mass is 15.0. The molecule has 1 atom stereocenters. The van der Waals surface area contributed by atoms with Crippen LogP contribution in [0.4, 0.5) is 0 Å². The van der Waals surface area contributed by atoms with Crippen LogP contribution in [0.5, 0.6) is 0 Å². The van der Waals surface area contributed by atoms with E-state index in [0.29, 0.717) is 6.04 Å². The molecule has 1 unspecified atom stereocenters. The van der Waals surface area contributed by atoms with Crippen LogP contribution in [-0.2, 0) is 0 Å². The molecule has 1 saturated carbocycles. The minimum Gasteiger partial charge on any atom is -0.324 e. The number of nitrogens with two attached hydrogens (primary N) is 1. The zero-order chi connectivity index (χ0) is 11.1. The Morgan fingerprint density at radius 1 is 1.27 bits per heavy atom. The summed E-state index contributed by atoms with van der Waals surface area (Å²) in [7, 11) is 0. The molecular formula is C13H28N2. The van der Waals surface area contributed by atoms with E-state index in [0.717, 1.165) is 6.54 Å². The second-order valence-corrected chi connectivity index (χ2v) is 5.35. The van der Waals surface area contributed by atoms with E-state index >= 15 is 0 Å². The van der Waals surface area contributed by atoms with Crippen molar-refractivity contribution in [2.24, 2.45) is 5.73 Å². The average molecular weight is 212 g/mol. The smallest absolute Gasteiger partial charge is 0.0280 e. The summed E-state index contributed by atoms with van der Waals surface area (Å²) in [5, 5.41) is 3.60. The van der Waals surface area contributed by atoms with Crippen molar-refractivity contribution in [2.75, 3.05) is 6.54 Å². The van der Waals surface area contributed by atoms with Gasteiger partial charge in [-0.25, -0.2) is 0 Å². The van der Waals surface area contributed by atoms with E-state index in [4.69, 9.17) is 5.73 Å². The van der Waals surface area contributed by atoms with Gasteiger partial charge in [0.2, 0.25) is 0 Å². The molecule has 0 aromatic heterocycles. The summed E-state index contributed by atoms with van der Waals surface area (Å²) in [4.78, 5) is 0. The van der Waals surface area contributed by atoms with Crippen molar-refractivity contribution in [1.29, 1.82) is 0 Å². The lowest BCUT2D eigenvalue weighted by atomic mass is 9.98. The van der Waals surface area contributed by atoms with Gasteiger partial charge in [0.05, 0.1) is 0 Å². The van der Waals surface area contributed by atoms with Gasteiger partial charge in [-0.1, -0.05) is 39.0 Å². The van der Waals surface area contributed by atoms with E-state index in [1.807, 2.05) is 0 Å². The van der Waals surface area contributed by atoms with Gasteiger partial charge in [-0.3, -0.25) is 0 Å². The molecule has 1 fully saturated rings. The Morgan fingerprint density at radius 2 is 1.93 bits per heavy atom. The van der Waals surface area contributed by atoms with Gasteiger partial charge in [0, 0.05) is 18.1 Å². The molecule has 1 aliphatic rings. The van der Waals surface area contributed by atoms with Crippen molar-refractivity contribution in [1.82, 2.24) is 5.32 Å². The van der Waals surface area contributed by atoms with Crippen LogP contribution < -0.4 is 11.1 Å². The molecule has 15 heavy (non-hydrogen) atoms. The van der Waals surface area contributed by atoms with Gasteiger partial charge in [-0.15, -0.1) is 0 Å². The van der Waals surface area contributed by atoms with Gasteiger partial charge in [-0.2, -0.15) is 0 Å². The van der Waals surface area contributed by atoms with Gasteiger partial charge in [-0.05, 0) is 26.2 Å². The van der Waals surface area contributed by atoms with E-state index in [9.17, 15) is 0 Å². The van der Waals surface area contributed by atoms with Crippen LogP contribution in [0.15, 0.2) is 0 Å². The van der Waals surface area contributed by atoms with E-state index < -0.39 is 0 Å². The average Bonchev–Trinajstić information content (AvgIpc) is 2.64. The van der Waals surface area contributed by atoms with Gasteiger partial charge in [0.15, 0.2) is 0 Å². The van der Waals surface area contributed by atoms with E-state index in [1.54, 1.807) is 0 Å². The lowest BCUT2D eigenvalue weighted by molar-refractivity contribution is 0.369. The molecule has 0 aromatic carbocycles. The Hall–Kier alpha value is -0.0800. The normalized spacial score (nSPS) is 21.8. The lowest BCUT2D eigenvalue weighted by Gasteiger charge is -2.26. The van der Waals surface area contributed by atoms with Crippen LogP contribution in [0.1, 0.15) is 65.2 Å². The second-order valence-electron chi connectivity index (χ2n) is 5.35. The van der Waals surface area contributed by atoms with E-state index in [1.165, 1.54) is 51.4 Å². The molecule has 0 heterocycles. The maximum Gasteiger partial charge on any atom is 0.0280 e. The summed E-state index contributed by atoms with van der Waals surface area (Å²) in [5.41, 5.74) is 6.41. The summed E-state index contributed by atoms with van der Waals surface area (Å²) in [5.74, 6) is 0. The fourth-order valence-electron chi connectivity index (χ4n) is 2.44. The van der Waals surface area contributed by atoms with Crippen LogP contribution in [0.25, 0.3) is 0 Å². The predicted octanol–water partition coefficient (Wildman–Crippen LogP) is 2.82. The first-order chi connectivity index (χ1) is 7.16. The Bertz CT molecular complexity index is 162.